The minimum absolute atomic E-state index is 0.102. The van der Waals surface area contributed by atoms with E-state index in [-0.39, 0.29) is 11.3 Å². The summed E-state index contributed by atoms with van der Waals surface area (Å²) in [5.41, 5.74) is 1.85. The van der Waals surface area contributed by atoms with Crippen LogP contribution in [-0.4, -0.2) is 24.1 Å². The maximum atomic E-state index is 12.4. The minimum Gasteiger partial charge on any atom is -0.497 e. The number of fused-ring (bicyclic) bond motifs is 1. The average Bonchev–Trinajstić information content (AvgIpc) is 2.99. The van der Waals surface area contributed by atoms with Gasteiger partial charge in [0, 0.05) is 11.1 Å². The van der Waals surface area contributed by atoms with Crippen molar-refractivity contribution in [2.75, 3.05) is 12.4 Å². The zero-order valence-corrected chi connectivity index (χ0v) is 13.1. The van der Waals surface area contributed by atoms with Crippen LogP contribution in [-0.2, 0) is 0 Å². The molecular formula is C18H15NO5. The molecule has 3 rings (SSSR count). The summed E-state index contributed by atoms with van der Waals surface area (Å²) in [6, 6.07) is 11.4. The van der Waals surface area contributed by atoms with Crippen molar-refractivity contribution in [1.82, 2.24) is 0 Å². The van der Waals surface area contributed by atoms with Crippen LogP contribution in [0.2, 0.25) is 0 Å². The summed E-state index contributed by atoms with van der Waals surface area (Å²) in [5, 5.41) is 12.5. The number of carboxylic acid groups (broad SMARTS) is 1. The lowest BCUT2D eigenvalue weighted by Crippen LogP contribution is -2.12. The van der Waals surface area contributed by atoms with E-state index in [1.54, 1.807) is 44.4 Å². The SMILES string of the molecule is COc1ccc2oc(C(=O)Nc3cc(C(=O)O)ccc3C)cc2c1. The molecule has 1 amide bonds. The number of anilines is 1. The van der Waals surface area contributed by atoms with Gasteiger partial charge < -0.3 is 19.6 Å². The summed E-state index contributed by atoms with van der Waals surface area (Å²) in [4.78, 5) is 23.4. The van der Waals surface area contributed by atoms with Gasteiger partial charge in [-0.25, -0.2) is 4.79 Å². The number of carbonyl (C=O) groups excluding carboxylic acids is 1. The van der Waals surface area contributed by atoms with Gasteiger partial charge in [-0.15, -0.1) is 0 Å². The van der Waals surface area contributed by atoms with Gasteiger partial charge in [0.25, 0.3) is 5.91 Å². The number of aryl methyl sites for hydroxylation is 1. The molecule has 24 heavy (non-hydrogen) atoms. The number of aromatic carboxylic acids is 1. The summed E-state index contributed by atoms with van der Waals surface area (Å²) in [6.07, 6.45) is 0. The van der Waals surface area contributed by atoms with Crippen LogP contribution in [0.5, 0.6) is 5.75 Å². The van der Waals surface area contributed by atoms with Crippen LogP contribution in [0.1, 0.15) is 26.5 Å². The Morgan fingerprint density at radius 2 is 1.92 bits per heavy atom. The van der Waals surface area contributed by atoms with Crippen LogP contribution < -0.4 is 10.1 Å². The molecule has 0 atom stereocenters. The molecule has 3 aromatic rings. The number of carbonyl (C=O) groups is 2. The third kappa shape index (κ3) is 2.94. The molecule has 1 aromatic heterocycles. The normalized spacial score (nSPS) is 10.6. The van der Waals surface area contributed by atoms with Crippen LogP contribution in [0.4, 0.5) is 5.69 Å². The lowest BCUT2D eigenvalue weighted by atomic mass is 10.1. The lowest BCUT2D eigenvalue weighted by molar-refractivity contribution is 0.0696. The second-order valence-electron chi connectivity index (χ2n) is 5.30. The molecule has 0 bridgehead atoms. The smallest absolute Gasteiger partial charge is 0.335 e. The van der Waals surface area contributed by atoms with Crippen LogP contribution >= 0.6 is 0 Å². The van der Waals surface area contributed by atoms with E-state index in [0.717, 1.165) is 10.9 Å². The highest BCUT2D eigenvalue weighted by Gasteiger charge is 2.15. The van der Waals surface area contributed by atoms with Gasteiger partial charge in [0.1, 0.15) is 11.3 Å². The first-order valence-electron chi connectivity index (χ1n) is 7.21. The minimum atomic E-state index is -1.05. The Kier molecular flexibility index (Phi) is 3.95. The number of amides is 1. The largest absolute Gasteiger partial charge is 0.497 e. The molecule has 6 nitrogen and oxygen atoms in total. The molecule has 0 spiro atoms. The van der Waals surface area contributed by atoms with Gasteiger partial charge in [-0.1, -0.05) is 6.07 Å². The first-order chi connectivity index (χ1) is 11.5. The highest BCUT2D eigenvalue weighted by molar-refractivity contribution is 6.05. The highest BCUT2D eigenvalue weighted by Crippen LogP contribution is 2.25. The van der Waals surface area contributed by atoms with Crippen molar-refractivity contribution in [3.63, 3.8) is 0 Å². The fourth-order valence-electron chi connectivity index (χ4n) is 2.33. The number of rotatable bonds is 4. The zero-order valence-electron chi connectivity index (χ0n) is 13.1. The number of furan rings is 1. The Bertz CT molecular complexity index is 942. The standard InChI is InChI=1S/C18H15NO5/c1-10-3-4-11(18(21)22)8-14(10)19-17(20)16-9-12-7-13(23-2)5-6-15(12)24-16/h3-9H,1-2H3,(H,19,20)(H,21,22). The molecule has 0 fully saturated rings. The summed E-state index contributed by atoms with van der Waals surface area (Å²) < 4.78 is 10.7. The first kappa shape index (κ1) is 15.6. The molecule has 0 aliphatic carbocycles. The van der Waals surface area contributed by atoms with Crippen molar-refractivity contribution in [2.24, 2.45) is 0 Å². The van der Waals surface area contributed by atoms with E-state index in [1.807, 2.05) is 0 Å². The van der Waals surface area contributed by atoms with Gasteiger partial charge in [-0.05, 0) is 48.9 Å². The number of nitrogens with one attached hydrogen (secondary N) is 1. The van der Waals surface area contributed by atoms with Gasteiger partial charge in [0.15, 0.2) is 5.76 Å². The Hall–Kier alpha value is -3.28. The van der Waals surface area contributed by atoms with Gasteiger partial charge in [-0.2, -0.15) is 0 Å². The molecule has 0 saturated carbocycles. The number of carboxylic acids is 1. The van der Waals surface area contributed by atoms with E-state index in [9.17, 15) is 9.59 Å². The molecule has 122 valence electrons. The van der Waals surface area contributed by atoms with Crippen LogP contribution in [0.15, 0.2) is 46.9 Å². The van der Waals surface area contributed by atoms with E-state index < -0.39 is 11.9 Å². The van der Waals surface area contributed by atoms with E-state index in [4.69, 9.17) is 14.3 Å². The van der Waals surface area contributed by atoms with Crippen molar-refractivity contribution in [1.29, 1.82) is 0 Å². The fraction of sp³-hybridized carbons (Fsp3) is 0.111. The van der Waals surface area contributed by atoms with Crippen LogP contribution in [0.25, 0.3) is 11.0 Å². The molecule has 6 heteroatoms. The topological polar surface area (TPSA) is 88.8 Å². The van der Waals surface area contributed by atoms with Crippen molar-refractivity contribution in [3.05, 3.63) is 59.4 Å². The monoisotopic (exact) mass is 325 g/mol. The average molecular weight is 325 g/mol. The van der Waals surface area contributed by atoms with Crippen molar-refractivity contribution in [2.45, 2.75) is 6.92 Å². The van der Waals surface area contributed by atoms with E-state index in [0.29, 0.717) is 17.0 Å². The third-order valence-corrected chi connectivity index (χ3v) is 3.68. The van der Waals surface area contributed by atoms with E-state index >= 15 is 0 Å². The molecule has 2 N–H and O–H groups in total. The van der Waals surface area contributed by atoms with Gasteiger partial charge in [0.05, 0.1) is 12.7 Å². The summed E-state index contributed by atoms with van der Waals surface area (Å²) in [5.74, 6) is -0.698. The summed E-state index contributed by atoms with van der Waals surface area (Å²) >= 11 is 0. The molecule has 0 saturated heterocycles. The van der Waals surface area contributed by atoms with Gasteiger partial charge >= 0.3 is 5.97 Å². The molecule has 1 heterocycles. The number of hydrogen-bond donors (Lipinski definition) is 2. The number of ether oxygens (including phenoxy) is 1. The molecule has 0 unspecified atom stereocenters. The van der Waals surface area contributed by atoms with E-state index in [2.05, 4.69) is 5.32 Å². The second kappa shape index (κ2) is 6.08. The number of methoxy groups -OCH3 is 1. The lowest BCUT2D eigenvalue weighted by Gasteiger charge is -2.08. The molecule has 0 radical (unpaired) electrons. The van der Waals surface area contributed by atoms with Crippen molar-refractivity contribution < 1.29 is 23.8 Å². The Morgan fingerprint density at radius 3 is 2.62 bits per heavy atom. The van der Waals surface area contributed by atoms with Crippen LogP contribution in [0, 0.1) is 6.92 Å². The quantitative estimate of drug-likeness (QED) is 0.763. The third-order valence-electron chi connectivity index (χ3n) is 3.68. The maximum Gasteiger partial charge on any atom is 0.335 e. The summed E-state index contributed by atoms with van der Waals surface area (Å²) in [7, 11) is 1.56. The maximum absolute atomic E-state index is 12.4. The Balaban J connectivity index is 1.90. The number of hydrogen-bond acceptors (Lipinski definition) is 4. The first-order valence-corrected chi connectivity index (χ1v) is 7.21. The van der Waals surface area contributed by atoms with Crippen molar-refractivity contribution >= 4 is 28.5 Å². The number of benzene rings is 2. The van der Waals surface area contributed by atoms with Gasteiger partial charge in [0.2, 0.25) is 0 Å². The predicted octanol–water partition coefficient (Wildman–Crippen LogP) is 3.70. The predicted molar refractivity (Wildman–Crippen MR) is 88.9 cm³/mol. The van der Waals surface area contributed by atoms with Gasteiger partial charge in [-0.3, -0.25) is 4.79 Å². The van der Waals surface area contributed by atoms with Crippen molar-refractivity contribution in [3.8, 4) is 5.75 Å². The highest BCUT2D eigenvalue weighted by atomic mass is 16.5. The molecule has 2 aromatic carbocycles. The molecular weight excluding hydrogens is 310 g/mol. The Labute approximate surface area is 137 Å². The molecule has 0 aliphatic rings. The fourth-order valence-corrected chi connectivity index (χ4v) is 2.33. The molecule has 0 aliphatic heterocycles. The zero-order chi connectivity index (χ0) is 17.3. The Morgan fingerprint density at radius 1 is 1.12 bits per heavy atom. The van der Waals surface area contributed by atoms with Crippen LogP contribution in [0.3, 0.4) is 0 Å². The second-order valence-corrected chi connectivity index (χ2v) is 5.30. The summed E-state index contributed by atoms with van der Waals surface area (Å²) in [6.45, 7) is 1.78. The van der Waals surface area contributed by atoms with E-state index in [1.165, 1.54) is 12.1 Å².